The maximum absolute atomic E-state index is 6.60. The molecule has 6 rings (SSSR count). The number of hydrogen-bond donors (Lipinski definition) is 1. The number of benzene rings is 3. The highest BCUT2D eigenvalue weighted by atomic mass is 35.5. The van der Waals surface area contributed by atoms with Gasteiger partial charge in [0.2, 0.25) is 5.95 Å². The fraction of sp³-hybridized carbons (Fsp3) is 0.120. The van der Waals surface area contributed by atoms with Gasteiger partial charge in [-0.05, 0) is 53.6 Å². The Hall–Kier alpha value is -3.48. The second kappa shape index (κ2) is 7.83. The molecular formula is C25H18Cl2N4O2. The molecule has 0 bridgehead atoms. The Bertz CT molecular complexity index is 1380. The van der Waals surface area contributed by atoms with E-state index >= 15 is 0 Å². The van der Waals surface area contributed by atoms with Crippen molar-refractivity contribution in [3.05, 3.63) is 105 Å². The first kappa shape index (κ1) is 20.1. The molecule has 33 heavy (non-hydrogen) atoms. The van der Waals surface area contributed by atoms with E-state index < -0.39 is 0 Å². The van der Waals surface area contributed by atoms with Crippen LogP contribution in [0.25, 0.3) is 5.70 Å². The van der Waals surface area contributed by atoms with Crippen LogP contribution in [-0.2, 0) is 0 Å². The third-order valence-electron chi connectivity index (χ3n) is 5.98. The van der Waals surface area contributed by atoms with Crippen molar-refractivity contribution >= 4 is 34.8 Å². The van der Waals surface area contributed by atoms with Crippen LogP contribution in [0, 0.1) is 0 Å². The van der Waals surface area contributed by atoms with E-state index in [1.165, 1.54) is 0 Å². The molecule has 0 radical (unpaired) electrons. The molecule has 2 atom stereocenters. The normalized spacial score (nSPS) is 18.5. The maximum Gasteiger partial charge on any atom is 0.226 e. The van der Waals surface area contributed by atoms with E-state index in [1.807, 2.05) is 71.4 Å². The summed E-state index contributed by atoms with van der Waals surface area (Å²) in [5.74, 6) is 2.18. The van der Waals surface area contributed by atoms with Crippen molar-refractivity contribution in [3.63, 3.8) is 0 Å². The molecule has 2 aliphatic heterocycles. The molecule has 0 aliphatic carbocycles. The highest BCUT2D eigenvalue weighted by molar-refractivity contribution is 6.31. The Morgan fingerprint density at radius 3 is 2.42 bits per heavy atom. The minimum absolute atomic E-state index is 0.254. The highest BCUT2D eigenvalue weighted by Gasteiger charge is 2.41. The van der Waals surface area contributed by atoms with Gasteiger partial charge in [0.1, 0.15) is 30.0 Å². The standard InChI is InChI=1S/C25H18Cl2N4O2/c1-32-18-9-4-15(5-10-18)24-21-22(19-12-17(27)8-11-20(19)33-24)30-25-28-13-29-31(25)23(21)14-2-6-16(26)7-3-14/h2-13,23-24H,1H3,(H,28,29,30)/t23-,24+/m1/s1. The predicted octanol–water partition coefficient (Wildman–Crippen LogP) is 6.15. The molecular weight excluding hydrogens is 459 g/mol. The Labute approximate surface area is 200 Å². The van der Waals surface area contributed by atoms with E-state index in [9.17, 15) is 0 Å². The number of anilines is 1. The van der Waals surface area contributed by atoms with E-state index in [2.05, 4.69) is 15.4 Å². The Kier molecular flexibility index (Phi) is 4.78. The van der Waals surface area contributed by atoms with Gasteiger partial charge in [-0.25, -0.2) is 4.68 Å². The molecule has 4 aromatic rings. The third kappa shape index (κ3) is 3.34. The topological polar surface area (TPSA) is 61.2 Å². The van der Waals surface area contributed by atoms with Crippen molar-refractivity contribution in [1.29, 1.82) is 0 Å². The van der Waals surface area contributed by atoms with Crippen LogP contribution in [0.3, 0.4) is 0 Å². The SMILES string of the molecule is COc1ccc([C@@H]2Oc3ccc(Cl)cc3C3=C2[C@@H](c2ccc(Cl)cc2)n2ncnc2N3)cc1. The number of methoxy groups -OCH3 is 1. The summed E-state index contributed by atoms with van der Waals surface area (Å²) in [6, 6.07) is 21.1. The molecule has 0 saturated heterocycles. The van der Waals surface area contributed by atoms with Crippen LogP contribution in [-0.4, -0.2) is 21.9 Å². The highest BCUT2D eigenvalue weighted by Crippen LogP contribution is 2.51. The van der Waals surface area contributed by atoms with Crippen molar-refractivity contribution in [3.8, 4) is 11.5 Å². The van der Waals surface area contributed by atoms with Crippen LogP contribution in [0.5, 0.6) is 11.5 Å². The van der Waals surface area contributed by atoms with E-state index in [0.717, 1.165) is 39.5 Å². The Morgan fingerprint density at radius 2 is 1.67 bits per heavy atom. The second-order valence-corrected chi connectivity index (χ2v) is 8.72. The lowest BCUT2D eigenvalue weighted by Gasteiger charge is -2.39. The molecule has 0 saturated carbocycles. The number of nitrogens with one attached hydrogen (secondary N) is 1. The first-order valence-corrected chi connectivity index (χ1v) is 11.1. The molecule has 3 heterocycles. The summed E-state index contributed by atoms with van der Waals surface area (Å²) in [5.41, 5.74) is 4.83. The summed E-state index contributed by atoms with van der Waals surface area (Å²) >= 11 is 12.6. The number of aromatic nitrogens is 3. The van der Waals surface area contributed by atoms with Gasteiger partial charge < -0.3 is 14.8 Å². The zero-order valence-electron chi connectivity index (χ0n) is 17.5. The molecule has 1 aromatic heterocycles. The summed E-state index contributed by atoms with van der Waals surface area (Å²) in [7, 11) is 1.65. The van der Waals surface area contributed by atoms with Gasteiger partial charge in [-0.15, -0.1) is 0 Å². The fourth-order valence-corrected chi connectivity index (χ4v) is 4.76. The number of halogens is 2. The average molecular weight is 477 g/mol. The number of fused-ring (bicyclic) bond motifs is 3. The lowest BCUT2D eigenvalue weighted by Crippen LogP contribution is -2.32. The minimum Gasteiger partial charge on any atom is -0.497 e. The van der Waals surface area contributed by atoms with Gasteiger partial charge in [-0.3, -0.25) is 0 Å². The molecule has 0 spiro atoms. The van der Waals surface area contributed by atoms with E-state index in [1.54, 1.807) is 13.4 Å². The molecule has 0 amide bonds. The molecule has 0 fully saturated rings. The van der Waals surface area contributed by atoms with Crippen molar-refractivity contribution in [2.24, 2.45) is 0 Å². The van der Waals surface area contributed by atoms with Crippen LogP contribution in [0.4, 0.5) is 5.95 Å². The van der Waals surface area contributed by atoms with Gasteiger partial charge in [0.05, 0.1) is 12.8 Å². The zero-order valence-corrected chi connectivity index (χ0v) is 19.0. The first-order chi connectivity index (χ1) is 16.1. The van der Waals surface area contributed by atoms with Crippen molar-refractivity contribution in [2.75, 3.05) is 12.4 Å². The number of ether oxygens (including phenoxy) is 2. The van der Waals surface area contributed by atoms with Crippen LogP contribution >= 0.6 is 23.2 Å². The van der Waals surface area contributed by atoms with Gasteiger partial charge in [-0.2, -0.15) is 10.1 Å². The molecule has 3 aromatic carbocycles. The third-order valence-corrected chi connectivity index (χ3v) is 6.47. The van der Waals surface area contributed by atoms with Gasteiger partial charge >= 0.3 is 0 Å². The van der Waals surface area contributed by atoms with Gasteiger partial charge in [0.25, 0.3) is 0 Å². The monoisotopic (exact) mass is 476 g/mol. The van der Waals surface area contributed by atoms with Crippen molar-refractivity contribution < 1.29 is 9.47 Å². The summed E-state index contributed by atoms with van der Waals surface area (Å²) < 4.78 is 13.8. The Balaban J connectivity index is 1.61. The second-order valence-electron chi connectivity index (χ2n) is 7.85. The number of rotatable bonds is 3. The first-order valence-electron chi connectivity index (χ1n) is 10.4. The largest absolute Gasteiger partial charge is 0.497 e. The van der Waals surface area contributed by atoms with Crippen LogP contribution < -0.4 is 14.8 Å². The summed E-state index contributed by atoms with van der Waals surface area (Å²) in [6.45, 7) is 0. The van der Waals surface area contributed by atoms with Gasteiger partial charge in [0.15, 0.2) is 0 Å². The smallest absolute Gasteiger partial charge is 0.226 e. The van der Waals surface area contributed by atoms with E-state index in [-0.39, 0.29) is 12.1 Å². The lowest BCUT2D eigenvalue weighted by molar-refractivity contribution is 0.223. The molecule has 1 N–H and O–H groups in total. The van der Waals surface area contributed by atoms with Crippen LogP contribution in [0.2, 0.25) is 10.0 Å². The predicted molar refractivity (Wildman–Crippen MR) is 128 cm³/mol. The van der Waals surface area contributed by atoms with E-state index in [4.69, 9.17) is 32.7 Å². The number of nitrogens with zero attached hydrogens (tertiary/aromatic N) is 3. The quantitative estimate of drug-likeness (QED) is 0.383. The minimum atomic E-state index is -0.370. The average Bonchev–Trinajstić information content (AvgIpc) is 3.31. The van der Waals surface area contributed by atoms with Gasteiger partial charge in [0, 0.05) is 21.2 Å². The van der Waals surface area contributed by atoms with Crippen molar-refractivity contribution in [1.82, 2.24) is 14.8 Å². The summed E-state index contributed by atoms with van der Waals surface area (Å²) in [6.07, 6.45) is 1.18. The molecule has 0 unspecified atom stereocenters. The molecule has 8 heteroatoms. The molecule has 164 valence electrons. The van der Waals surface area contributed by atoms with Gasteiger partial charge in [-0.1, -0.05) is 47.5 Å². The Morgan fingerprint density at radius 1 is 0.939 bits per heavy atom. The van der Waals surface area contributed by atoms with Crippen molar-refractivity contribution in [2.45, 2.75) is 12.1 Å². The van der Waals surface area contributed by atoms with Crippen LogP contribution in [0.1, 0.15) is 28.8 Å². The maximum atomic E-state index is 6.60. The van der Waals surface area contributed by atoms with E-state index in [0.29, 0.717) is 16.0 Å². The lowest BCUT2D eigenvalue weighted by atomic mass is 9.84. The zero-order chi connectivity index (χ0) is 22.5. The van der Waals surface area contributed by atoms with Crippen LogP contribution in [0.15, 0.2) is 78.6 Å². The molecule has 6 nitrogen and oxygen atoms in total. The number of hydrogen-bond acceptors (Lipinski definition) is 5. The summed E-state index contributed by atoms with van der Waals surface area (Å²) in [5, 5.41) is 9.31. The molecule has 2 aliphatic rings. The fourth-order valence-electron chi connectivity index (χ4n) is 4.46. The summed E-state index contributed by atoms with van der Waals surface area (Å²) in [4.78, 5) is 4.45.